The van der Waals surface area contributed by atoms with E-state index in [1.165, 1.54) is 17.1 Å². The van der Waals surface area contributed by atoms with Gasteiger partial charge >= 0.3 is 5.69 Å². The molecule has 0 saturated carbocycles. The monoisotopic (exact) mass is 490 g/mol. The van der Waals surface area contributed by atoms with Crippen molar-refractivity contribution in [1.29, 1.82) is 0 Å². The minimum atomic E-state index is -1.64. The number of nitrogens with zero attached hydrogens (tertiary/aromatic N) is 8. The topological polar surface area (TPSA) is 104 Å². The van der Waals surface area contributed by atoms with Crippen molar-refractivity contribution in [3.05, 3.63) is 74.2 Å². The molecule has 1 aromatic carbocycles. The lowest BCUT2D eigenvalue weighted by molar-refractivity contribution is 0.364. The average molecular weight is 490 g/mol. The van der Waals surface area contributed by atoms with E-state index in [-0.39, 0.29) is 41.3 Å². The molecule has 35 heavy (non-hydrogen) atoms. The molecule has 1 aliphatic heterocycles. The number of alkyl halides is 1. The minimum absolute atomic E-state index is 0.0303. The van der Waals surface area contributed by atoms with Crippen molar-refractivity contribution in [2.45, 2.75) is 25.7 Å². The van der Waals surface area contributed by atoms with Gasteiger partial charge in [-0.3, -0.25) is 18.6 Å². The summed E-state index contributed by atoms with van der Waals surface area (Å²) in [4.78, 5) is 32.2. The van der Waals surface area contributed by atoms with E-state index in [2.05, 4.69) is 20.3 Å². The molecule has 1 aliphatic rings. The Bertz CT molecular complexity index is 1540. The summed E-state index contributed by atoms with van der Waals surface area (Å²) in [6.45, 7) is -0.264. The van der Waals surface area contributed by atoms with Crippen molar-refractivity contribution in [3.8, 4) is 0 Å². The molecule has 0 unspecified atom stereocenters. The van der Waals surface area contributed by atoms with Crippen LogP contribution < -0.4 is 16.1 Å². The number of fused-ring (bicyclic) bond motifs is 1. The van der Waals surface area contributed by atoms with Crippen molar-refractivity contribution in [3.63, 3.8) is 0 Å². The molecule has 182 valence electrons. The maximum Gasteiger partial charge on any atom is 0.332 e. The van der Waals surface area contributed by atoms with Crippen LogP contribution in [-0.2, 0) is 20.1 Å². The van der Waals surface area contributed by atoms with Gasteiger partial charge in [-0.05, 0) is 24.1 Å². The predicted molar refractivity (Wildman–Crippen MR) is 115 cm³/mol. The van der Waals surface area contributed by atoms with Crippen LogP contribution in [0.2, 0.25) is 0 Å². The molecule has 0 aliphatic carbocycles. The number of anilines is 1. The van der Waals surface area contributed by atoms with E-state index in [9.17, 15) is 27.2 Å². The van der Waals surface area contributed by atoms with Crippen LogP contribution in [0.15, 0.2) is 34.1 Å². The maximum absolute atomic E-state index is 13.9. The van der Waals surface area contributed by atoms with E-state index < -0.39 is 41.4 Å². The first-order valence-corrected chi connectivity index (χ1v) is 10.6. The second kappa shape index (κ2) is 8.60. The van der Waals surface area contributed by atoms with Gasteiger partial charge in [0.25, 0.3) is 5.56 Å². The van der Waals surface area contributed by atoms with Gasteiger partial charge in [0.1, 0.15) is 12.5 Å². The lowest BCUT2D eigenvalue weighted by Gasteiger charge is -2.18. The highest BCUT2D eigenvalue weighted by atomic mass is 19.2. The molecule has 1 fully saturated rings. The first-order valence-electron chi connectivity index (χ1n) is 10.6. The smallest absolute Gasteiger partial charge is 0.332 e. The van der Waals surface area contributed by atoms with Gasteiger partial charge in [-0.15, -0.1) is 10.2 Å². The van der Waals surface area contributed by atoms with E-state index >= 15 is 0 Å². The highest BCUT2D eigenvalue weighted by Gasteiger charge is 2.25. The van der Waals surface area contributed by atoms with Gasteiger partial charge in [0, 0.05) is 19.7 Å². The second-order valence-electron chi connectivity index (χ2n) is 8.24. The molecule has 1 atom stereocenters. The van der Waals surface area contributed by atoms with Crippen LogP contribution in [-0.4, -0.2) is 53.4 Å². The molecule has 0 amide bonds. The van der Waals surface area contributed by atoms with Gasteiger partial charge in [0.05, 0.1) is 25.2 Å². The summed E-state index contributed by atoms with van der Waals surface area (Å²) in [6.07, 6.45) is 0.627. The fraction of sp³-hybridized carbons (Fsp3) is 0.333. The Kier molecular flexibility index (Phi) is 5.57. The van der Waals surface area contributed by atoms with Gasteiger partial charge < -0.3 is 4.90 Å². The average Bonchev–Trinajstić information content (AvgIpc) is 3.45. The molecule has 5 rings (SSSR count). The lowest BCUT2D eigenvalue weighted by atomic mass is 10.2. The number of hydrogen-bond acceptors (Lipinski definition) is 7. The van der Waals surface area contributed by atoms with Crippen molar-refractivity contribution in [2.75, 3.05) is 18.0 Å². The summed E-state index contributed by atoms with van der Waals surface area (Å²) in [7, 11) is 1.61. The van der Waals surface area contributed by atoms with Gasteiger partial charge in [-0.25, -0.2) is 27.3 Å². The molecule has 14 heteroatoms. The standard InChI is InChI=1S/C21H18F4N8O2/c1-30-10-26-16(29-30)9-33-20(34)19-15(6-17(27-28-19)31-3-2-12(22)8-31)32(21(33)35)7-11-4-13(23)18(25)14(24)5-11/h4-6,10,12H,2-3,7-9H2,1H3/t12-/m1/s1. The maximum atomic E-state index is 13.9. The van der Waals surface area contributed by atoms with Crippen molar-refractivity contribution in [2.24, 2.45) is 7.05 Å². The Labute approximate surface area is 194 Å². The first-order chi connectivity index (χ1) is 16.7. The van der Waals surface area contributed by atoms with E-state index in [4.69, 9.17) is 0 Å². The highest BCUT2D eigenvalue weighted by molar-refractivity contribution is 5.76. The van der Waals surface area contributed by atoms with Crippen LogP contribution in [0.25, 0.3) is 11.0 Å². The summed E-state index contributed by atoms with van der Waals surface area (Å²) >= 11 is 0. The predicted octanol–water partition coefficient (Wildman–Crippen LogP) is 1.14. The Balaban J connectivity index is 1.70. The third kappa shape index (κ3) is 4.15. The molecular weight excluding hydrogens is 472 g/mol. The van der Waals surface area contributed by atoms with E-state index in [1.807, 2.05) is 0 Å². The van der Waals surface area contributed by atoms with Crippen LogP contribution in [0.4, 0.5) is 23.4 Å². The number of aromatic nitrogens is 7. The summed E-state index contributed by atoms with van der Waals surface area (Å²) in [5.74, 6) is -4.07. The number of aryl methyl sites for hydroxylation is 1. The van der Waals surface area contributed by atoms with Gasteiger partial charge in [-0.2, -0.15) is 5.10 Å². The van der Waals surface area contributed by atoms with Crippen LogP contribution in [0.1, 0.15) is 17.8 Å². The molecule has 3 aromatic heterocycles. The van der Waals surface area contributed by atoms with E-state index in [0.717, 1.165) is 21.3 Å². The van der Waals surface area contributed by atoms with Gasteiger partial charge in [-0.1, -0.05) is 0 Å². The van der Waals surface area contributed by atoms with Gasteiger partial charge in [0.15, 0.2) is 34.6 Å². The lowest BCUT2D eigenvalue weighted by Crippen LogP contribution is -2.41. The summed E-state index contributed by atoms with van der Waals surface area (Å²) in [5, 5.41) is 12.1. The quantitative estimate of drug-likeness (QED) is 0.305. The van der Waals surface area contributed by atoms with Crippen molar-refractivity contribution >= 4 is 16.9 Å². The zero-order valence-corrected chi connectivity index (χ0v) is 18.3. The highest BCUT2D eigenvalue weighted by Crippen LogP contribution is 2.22. The van der Waals surface area contributed by atoms with Crippen LogP contribution in [0, 0.1) is 17.5 Å². The van der Waals surface area contributed by atoms with Gasteiger partial charge in [0.2, 0.25) is 0 Å². The Morgan fingerprint density at radius 1 is 1.03 bits per heavy atom. The Morgan fingerprint density at radius 2 is 1.77 bits per heavy atom. The molecule has 0 spiro atoms. The van der Waals surface area contributed by atoms with E-state index in [1.54, 1.807) is 11.9 Å². The zero-order valence-electron chi connectivity index (χ0n) is 18.3. The molecule has 1 saturated heterocycles. The normalized spacial score (nSPS) is 15.9. The molecule has 0 N–H and O–H groups in total. The van der Waals surface area contributed by atoms with E-state index in [0.29, 0.717) is 13.0 Å². The number of rotatable bonds is 5. The third-order valence-electron chi connectivity index (χ3n) is 5.75. The van der Waals surface area contributed by atoms with Crippen LogP contribution >= 0.6 is 0 Å². The zero-order chi connectivity index (χ0) is 24.9. The molecular formula is C21H18F4N8O2. The summed E-state index contributed by atoms with van der Waals surface area (Å²) in [6, 6.07) is 2.93. The van der Waals surface area contributed by atoms with Crippen LogP contribution in [0.3, 0.4) is 0 Å². The second-order valence-corrected chi connectivity index (χ2v) is 8.24. The number of halogens is 4. The minimum Gasteiger partial charge on any atom is -0.352 e. The summed E-state index contributed by atoms with van der Waals surface area (Å²) in [5.41, 5.74) is -1.82. The fourth-order valence-corrected chi connectivity index (χ4v) is 4.05. The molecule has 4 heterocycles. The SMILES string of the molecule is Cn1cnc(Cn2c(=O)c3nnc(N4CC[C@@H](F)C4)cc3n(Cc3cc(F)c(F)c(F)c3)c2=O)n1. The third-order valence-corrected chi connectivity index (χ3v) is 5.75. The Hall–Kier alpha value is -4.10. The van der Waals surface area contributed by atoms with Crippen LogP contribution in [0.5, 0.6) is 0 Å². The van der Waals surface area contributed by atoms with Crippen molar-refractivity contribution < 1.29 is 17.6 Å². The first kappa shape index (κ1) is 22.7. The summed E-state index contributed by atoms with van der Waals surface area (Å²) < 4.78 is 58.2. The number of benzene rings is 1. The molecule has 4 aromatic rings. The molecule has 10 nitrogen and oxygen atoms in total. The number of hydrogen-bond donors (Lipinski definition) is 0. The van der Waals surface area contributed by atoms with Crippen molar-refractivity contribution in [1.82, 2.24) is 34.1 Å². The largest absolute Gasteiger partial charge is 0.352 e. The molecule has 0 bridgehead atoms. The fourth-order valence-electron chi connectivity index (χ4n) is 4.05. The Morgan fingerprint density at radius 3 is 2.40 bits per heavy atom. The molecule has 0 radical (unpaired) electrons.